The zero-order chi connectivity index (χ0) is 25.9. The predicted octanol–water partition coefficient (Wildman–Crippen LogP) is 7.42. The summed E-state index contributed by atoms with van der Waals surface area (Å²) < 4.78 is 18.1. The second-order valence-corrected chi connectivity index (χ2v) is 9.54. The van der Waals surface area contributed by atoms with Gasteiger partial charge in [-0.15, -0.1) is 0 Å². The molecule has 184 valence electrons. The second kappa shape index (κ2) is 8.35. The van der Waals surface area contributed by atoms with Gasteiger partial charge in [-0.05, 0) is 53.4 Å². The van der Waals surface area contributed by atoms with Crippen molar-refractivity contribution in [1.29, 1.82) is 0 Å². The van der Waals surface area contributed by atoms with Crippen molar-refractivity contribution < 1.29 is 19.0 Å². The molecule has 1 aliphatic carbocycles. The second-order valence-electron chi connectivity index (χ2n) is 9.54. The highest BCUT2D eigenvalue weighted by molar-refractivity contribution is 6.28. The molecule has 1 atom stereocenters. The van der Waals surface area contributed by atoms with E-state index in [0.29, 0.717) is 11.3 Å². The quantitative estimate of drug-likeness (QED) is 0.255. The summed E-state index contributed by atoms with van der Waals surface area (Å²) >= 11 is 0. The van der Waals surface area contributed by atoms with Crippen molar-refractivity contribution in [2.24, 2.45) is 0 Å². The molecule has 0 bridgehead atoms. The van der Waals surface area contributed by atoms with Crippen LogP contribution in [0.2, 0.25) is 0 Å². The SMILES string of the molecule is COc1ccc(C2(c3ccccc3)C=Cc3c4c(c5ccc(OC)cc5c3O2)-c2ccccc2C4=O)cc1. The molecule has 0 fully saturated rings. The molecule has 0 radical (unpaired) electrons. The first-order valence-electron chi connectivity index (χ1n) is 12.5. The fourth-order valence-corrected chi connectivity index (χ4v) is 5.80. The van der Waals surface area contributed by atoms with Crippen LogP contribution in [0.4, 0.5) is 0 Å². The maximum atomic E-state index is 13.8. The molecule has 1 heterocycles. The van der Waals surface area contributed by atoms with E-state index in [0.717, 1.165) is 55.7 Å². The third kappa shape index (κ3) is 3.07. The first kappa shape index (κ1) is 22.4. The van der Waals surface area contributed by atoms with Gasteiger partial charge in [0.25, 0.3) is 0 Å². The summed E-state index contributed by atoms with van der Waals surface area (Å²) in [6.07, 6.45) is 4.12. The number of hydrogen-bond donors (Lipinski definition) is 0. The summed E-state index contributed by atoms with van der Waals surface area (Å²) in [4.78, 5) is 13.8. The van der Waals surface area contributed by atoms with Gasteiger partial charge in [0.05, 0.1) is 14.2 Å². The largest absolute Gasteiger partial charge is 0.497 e. The maximum Gasteiger partial charge on any atom is 0.195 e. The van der Waals surface area contributed by atoms with E-state index in [-0.39, 0.29) is 5.78 Å². The summed E-state index contributed by atoms with van der Waals surface area (Å²) in [6.45, 7) is 0. The summed E-state index contributed by atoms with van der Waals surface area (Å²) in [7, 11) is 3.32. The fraction of sp³-hybridized carbons (Fsp3) is 0.0882. The zero-order valence-electron chi connectivity index (χ0n) is 21.0. The molecule has 1 unspecified atom stereocenters. The minimum Gasteiger partial charge on any atom is -0.497 e. The van der Waals surface area contributed by atoms with Gasteiger partial charge in [-0.2, -0.15) is 0 Å². The number of fused-ring (bicyclic) bond motifs is 8. The van der Waals surface area contributed by atoms with Crippen molar-refractivity contribution in [2.75, 3.05) is 14.2 Å². The van der Waals surface area contributed by atoms with Crippen LogP contribution in [0, 0.1) is 0 Å². The lowest BCUT2D eigenvalue weighted by Crippen LogP contribution is -2.34. The molecule has 4 nitrogen and oxygen atoms in total. The lowest BCUT2D eigenvalue weighted by molar-refractivity contribution is 0.104. The van der Waals surface area contributed by atoms with E-state index in [4.69, 9.17) is 14.2 Å². The molecule has 0 saturated carbocycles. The van der Waals surface area contributed by atoms with Gasteiger partial charge in [0.2, 0.25) is 0 Å². The van der Waals surface area contributed by atoms with E-state index >= 15 is 0 Å². The van der Waals surface area contributed by atoms with Crippen molar-refractivity contribution in [1.82, 2.24) is 0 Å². The Hall–Kier alpha value is -4.83. The van der Waals surface area contributed by atoms with Crippen LogP contribution in [-0.2, 0) is 5.60 Å². The van der Waals surface area contributed by atoms with Gasteiger partial charge in [-0.3, -0.25) is 4.79 Å². The van der Waals surface area contributed by atoms with E-state index in [2.05, 4.69) is 24.3 Å². The van der Waals surface area contributed by atoms with E-state index in [1.54, 1.807) is 14.2 Å². The van der Waals surface area contributed by atoms with Gasteiger partial charge in [-0.1, -0.05) is 66.7 Å². The molecular weight excluding hydrogens is 472 g/mol. The number of carbonyl (C=O) groups is 1. The number of hydrogen-bond acceptors (Lipinski definition) is 4. The minimum absolute atomic E-state index is 0.0227. The Kier molecular flexibility index (Phi) is 4.92. The van der Waals surface area contributed by atoms with Crippen LogP contribution in [0.3, 0.4) is 0 Å². The minimum atomic E-state index is -0.903. The zero-order valence-corrected chi connectivity index (χ0v) is 21.0. The van der Waals surface area contributed by atoms with Gasteiger partial charge in [-0.25, -0.2) is 0 Å². The lowest BCUT2D eigenvalue weighted by Gasteiger charge is -2.37. The molecule has 38 heavy (non-hydrogen) atoms. The topological polar surface area (TPSA) is 44.8 Å². The normalized spacial score (nSPS) is 16.9. The summed E-state index contributed by atoms with van der Waals surface area (Å²) in [5.74, 6) is 2.19. The van der Waals surface area contributed by atoms with Crippen molar-refractivity contribution in [2.45, 2.75) is 5.60 Å². The van der Waals surface area contributed by atoms with Crippen LogP contribution in [0.5, 0.6) is 17.2 Å². The Bertz CT molecular complexity index is 1770. The molecule has 0 spiro atoms. The van der Waals surface area contributed by atoms with Gasteiger partial charge in [0.15, 0.2) is 11.4 Å². The molecule has 5 aromatic carbocycles. The first-order chi connectivity index (χ1) is 18.6. The lowest BCUT2D eigenvalue weighted by atomic mass is 9.82. The van der Waals surface area contributed by atoms with Gasteiger partial charge in [0, 0.05) is 38.8 Å². The summed E-state index contributed by atoms with van der Waals surface area (Å²) in [6, 6.07) is 31.9. The van der Waals surface area contributed by atoms with E-state index in [9.17, 15) is 4.79 Å². The number of carbonyl (C=O) groups excluding carboxylic acids is 1. The average Bonchev–Trinajstić information content (AvgIpc) is 3.29. The molecule has 2 aliphatic rings. The van der Waals surface area contributed by atoms with Crippen molar-refractivity contribution >= 4 is 22.6 Å². The molecule has 0 aromatic heterocycles. The Morgan fingerprint density at radius 1 is 0.658 bits per heavy atom. The molecule has 0 N–H and O–H groups in total. The number of rotatable bonds is 4. The van der Waals surface area contributed by atoms with E-state index in [1.165, 1.54) is 0 Å². The number of methoxy groups -OCH3 is 2. The van der Waals surface area contributed by atoms with Crippen LogP contribution in [0.25, 0.3) is 28.0 Å². The highest BCUT2D eigenvalue weighted by Crippen LogP contribution is 2.53. The van der Waals surface area contributed by atoms with Crippen molar-refractivity contribution in [3.05, 3.63) is 131 Å². The average molecular weight is 497 g/mol. The summed E-state index contributed by atoms with van der Waals surface area (Å²) in [5.41, 5.74) is 5.14. The van der Waals surface area contributed by atoms with E-state index < -0.39 is 5.60 Å². The van der Waals surface area contributed by atoms with Gasteiger partial charge >= 0.3 is 0 Å². The fourth-order valence-electron chi connectivity index (χ4n) is 5.80. The number of benzene rings is 5. The third-order valence-corrected chi connectivity index (χ3v) is 7.64. The highest BCUT2D eigenvalue weighted by Gasteiger charge is 2.41. The Morgan fingerprint density at radius 3 is 2.05 bits per heavy atom. The number of ketones is 1. The first-order valence-corrected chi connectivity index (χ1v) is 12.5. The molecule has 5 aromatic rings. The molecule has 0 amide bonds. The van der Waals surface area contributed by atoms with Crippen LogP contribution in [0.1, 0.15) is 32.6 Å². The molecule has 0 saturated heterocycles. The Balaban J connectivity index is 1.55. The smallest absolute Gasteiger partial charge is 0.195 e. The molecule has 1 aliphatic heterocycles. The van der Waals surface area contributed by atoms with Gasteiger partial charge < -0.3 is 14.2 Å². The molecule has 4 heteroatoms. The Labute approximate surface area is 220 Å². The molecular formula is C34H24O4. The molecule has 7 rings (SSSR count). The maximum absolute atomic E-state index is 13.8. The van der Waals surface area contributed by atoms with Crippen molar-refractivity contribution in [3.8, 4) is 28.4 Å². The predicted molar refractivity (Wildman–Crippen MR) is 149 cm³/mol. The van der Waals surface area contributed by atoms with Crippen LogP contribution >= 0.6 is 0 Å². The van der Waals surface area contributed by atoms with Gasteiger partial charge in [0.1, 0.15) is 17.2 Å². The highest BCUT2D eigenvalue weighted by atomic mass is 16.5. The summed E-state index contributed by atoms with van der Waals surface area (Å²) in [5, 5.41) is 1.87. The van der Waals surface area contributed by atoms with Crippen molar-refractivity contribution in [3.63, 3.8) is 0 Å². The van der Waals surface area contributed by atoms with Crippen LogP contribution in [-0.4, -0.2) is 20.0 Å². The monoisotopic (exact) mass is 496 g/mol. The number of ether oxygens (including phenoxy) is 3. The Morgan fingerprint density at radius 2 is 1.32 bits per heavy atom. The van der Waals surface area contributed by atoms with E-state index in [1.807, 2.05) is 84.9 Å². The standard InChI is InChI=1S/C34H24O4/c1-36-23-14-12-22(13-15-23)34(21-8-4-3-5-9-21)19-18-28-31-30(25-10-6-7-11-27(25)32(31)35)26-17-16-24(37-2)20-29(26)33(28)38-34/h3-20H,1-2H3. The van der Waals surface area contributed by atoms with Crippen LogP contribution in [0.15, 0.2) is 103 Å². The van der Waals surface area contributed by atoms with Crippen LogP contribution < -0.4 is 14.2 Å². The third-order valence-electron chi connectivity index (χ3n) is 7.64.